The average molecular weight is 190 g/mol. The number of β-amino-alcohol motifs (C(OH)–C–C–N with tert-alkyl or cyclic N) is 1. The third-order valence-corrected chi connectivity index (χ3v) is 1.92. The summed E-state index contributed by atoms with van der Waals surface area (Å²) >= 11 is 0. The molecule has 0 unspecified atom stereocenters. The summed E-state index contributed by atoms with van der Waals surface area (Å²) < 4.78 is 12.8. The van der Waals surface area contributed by atoms with Gasteiger partial charge in [-0.1, -0.05) is 0 Å². The lowest BCUT2D eigenvalue weighted by Gasteiger charge is -2.17. The van der Waals surface area contributed by atoms with Crippen LogP contribution in [0, 0.1) is 0 Å². The van der Waals surface area contributed by atoms with E-state index in [1.54, 1.807) is 0 Å². The Labute approximate surface area is 76.7 Å². The lowest BCUT2D eigenvalue weighted by molar-refractivity contribution is 0.116. The van der Waals surface area contributed by atoms with E-state index in [0.717, 1.165) is 0 Å². The van der Waals surface area contributed by atoms with Gasteiger partial charge in [0, 0.05) is 6.04 Å². The number of nitrogens with one attached hydrogen (secondary N) is 1. The first-order valence-corrected chi connectivity index (χ1v) is 4.38. The van der Waals surface area contributed by atoms with Crippen LogP contribution in [0.4, 0.5) is 9.18 Å². The number of urea groups is 1. The fourth-order valence-electron chi connectivity index (χ4n) is 1.25. The van der Waals surface area contributed by atoms with E-state index in [1.807, 2.05) is 13.8 Å². The van der Waals surface area contributed by atoms with E-state index < -0.39 is 12.3 Å². The molecule has 1 aliphatic rings. The molecular formula is C8H15FN2O2. The van der Waals surface area contributed by atoms with Gasteiger partial charge in [0.05, 0.1) is 13.1 Å². The first-order valence-electron chi connectivity index (χ1n) is 4.38. The van der Waals surface area contributed by atoms with Gasteiger partial charge >= 0.3 is 6.03 Å². The van der Waals surface area contributed by atoms with Gasteiger partial charge in [0.15, 0.2) is 0 Å². The number of amides is 2. The summed E-state index contributed by atoms with van der Waals surface area (Å²) in [6.45, 7) is 3.73. The van der Waals surface area contributed by atoms with Crippen LogP contribution in [0.1, 0.15) is 13.8 Å². The Bertz CT molecular complexity index is 189. The molecule has 0 bridgehead atoms. The van der Waals surface area contributed by atoms with Crippen molar-refractivity contribution < 1.29 is 14.3 Å². The Morgan fingerprint density at radius 2 is 2.23 bits per heavy atom. The minimum Gasteiger partial charge on any atom is -0.388 e. The normalized spacial score (nSPS) is 28.2. The van der Waals surface area contributed by atoms with E-state index in [-0.39, 0.29) is 25.2 Å². The minimum atomic E-state index is -1.31. The number of aliphatic hydroxyl groups excluding tert-OH is 1. The summed E-state index contributed by atoms with van der Waals surface area (Å²) in [5.41, 5.74) is 0. The van der Waals surface area contributed by atoms with Gasteiger partial charge in [0.25, 0.3) is 0 Å². The molecule has 2 N–H and O–H groups in total. The van der Waals surface area contributed by atoms with Gasteiger partial charge in [-0.2, -0.15) is 0 Å². The second-order valence-electron chi connectivity index (χ2n) is 3.59. The topological polar surface area (TPSA) is 52.6 Å². The summed E-state index contributed by atoms with van der Waals surface area (Å²) in [4.78, 5) is 12.6. The summed E-state index contributed by atoms with van der Waals surface area (Å²) in [5.74, 6) is 0. The maximum absolute atomic E-state index is 12.8. The SMILES string of the molecule is CC(C)NC(=O)N1C[C@@H](O)[C@H](F)C1. The highest BCUT2D eigenvalue weighted by Crippen LogP contribution is 2.13. The van der Waals surface area contributed by atoms with E-state index in [2.05, 4.69) is 5.32 Å². The highest BCUT2D eigenvalue weighted by molar-refractivity contribution is 5.74. The van der Waals surface area contributed by atoms with E-state index in [0.29, 0.717) is 0 Å². The Balaban J connectivity index is 2.42. The van der Waals surface area contributed by atoms with Crippen molar-refractivity contribution in [3.63, 3.8) is 0 Å². The molecule has 0 radical (unpaired) electrons. The van der Waals surface area contributed by atoms with E-state index in [9.17, 15) is 9.18 Å². The summed E-state index contributed by atoms with van der Waals surface area (Å²) in [6.07, 6.45) is -2.34. The maximum atomic E-state index is 12.8. The van der Waals surface area contributed by atoms with E-state index in [4.69, 9.17) is 5.11 Å². The van der Waals surface area contributed by atoms with Gasteiger partial charge in [0.1, 0.15) is 12.3 Å². The molecule has 2 atom stereocenters. The van der Waals surface area contributed by atoms with Crippen molar-refractivity contribution in [1.29, 1.82) is 0 Å². The molecule has 1 aliphatic heterocycles. The van der Waals surface area contributed by atoms with Gasteiger partial charge in [-0.3, -0.25) is 0 Å². The zero-order valence-corrected chi connectivity index (χ0v) is 7.83. The molecule has 1 fully saturated rings. The van der Waals surface area contributed by atoms with Gasteiger partial charge in [-0.05, 0) is 13.8 Å². The Morgan fingerprint density at radius 3 is 2.62 bits per heavy atom. The molecule has 0 aromatic carbocycles. The minimum absolute atomic E-state index is 0.0142. The van der Waals surface area contributed by atoms with E-state index >= 15 is 0 Å². The van der Waals surface area contributed by atoms with Crippen LogP contribution >= 0.6 is 0 Å². The van der Waals surface area contributed by atoms with Gasteiger partial charge in [-0.15, -0.1) is 0 Å². The predicted molar refractivity (Wildman–Crippen MR) is 46.1 cm³/mol. The van der Waals surface area contributed by atoms with Crippen LogP contribution in [-0.2, 0) is 0 Å². The summed E-state index contributed by atoms with van der Waals surface area (Å²) in [5, 5.41) is 11.7. The van der Waals surface area contributed by atoms with Crippen LogP contribution in [-0.4, -0.2) is 47.4 Å². The monoisotopic (exact) mass is 190 g/mol. The molecular weight excluding hydrogens is 175 g/mol. The molecule has 1 rings (SSSR count). The first-order chi connectivity index (χ1) is 6.00. The summed E-state index contributed by atoms with van der Waals surface area (Å²) in [7, 11) is 0. The molecule has 4 nitrogen and oxygen atoms in total. The van der Waals surface area contributed by atoms with Crippen molar-refractivity contribution >= 4 is 6.03 Å². The molecule has 0 aromatic rings. The lowest BCUT2D eigenvalue weighted by Crippen LogP contribution is -2.42. The standard InChI is InChI=1S/C8H15FN2O2/c1-5(2)10-8(13)11-3-6(9)7(12)4-11/h5-7,12H,3-4H2,1-2H3,(H,10,13)/t6-,7-/m1/s1. The van der Waals surface area contributed by atoms with Crippen molar-refractivity contribution in [3.05, 3.63) is 0 Å². The number of carbonyl (C=O) groups is 1. The first kappa shape index (κ1) is 10.2. The van der Waals surface area contributed by atoms with Gasteiger partial charge in [-0.25, -0.2) is 9.18 Å². The number of carbonyl (C=O) groups excluding carboxylic acids is 1. The van der Waals surface area contributed by atoms with Crippen LogP contribution in [0.25, 0.3) is 0 Å². The van der Waals surface area contributed by atoms with Crippen LogP contribution < -0.4 is 5.32 Å². The Kier molecular flexibility index (Phi) is 3.08. The van der Waals surface area contributed by atoms with Crippen LogP contribution in [0.3, 0.4) is 0 Å². The van der Waals surface area contributed by atoms with Gasteiger partial charge < -0.3 is 15.3 Å². The number of hydrogen-bond acceptors (Lipinski definition) is 2. The van der Waals surface area contributed by atoms with Crippen molar-refractivity contribution in [3.8, 4) is 0 Å². The molecule has 1 heterocycles. The number of rotatable bonds is 1. The molecule has 1 saturated heterocycles. The fourth-order valence-corrected chi connectivity index (χ4v) is 1.25. The molecule has 0 aromatic heterocycles. The molecule has 0 saturated carbocycles. The molecule has 13 heavy (non-hydrogen) atoms. The molecule has 2 amide bonds. The maximum Gasteiger partial charge on any atom is 0.317 e. The van der Waals surface area contributed by atoms with Crippen molar-refractivity contribution in [2.75, 3.05) is 13.1 Å². The van der Waals surface area contributed by atoms with Crippen LogP contribution in [0.2, 0.25) is 0 Å². The quantitative estimate of drug-likeness (QED) is 0.617. The van der Waals surface area contributed by atoms with Crippen LogP contribution in [0.5, 0.6) is 0 Å². The number of hydrogen-bond donors (Lipinski definition) is 2. The van der Waals surface area contributed by atoms with Gasteiger partial charge in [0.2, 0.25) is 0 Å². The third-order valence-electron chi connectivity index (χ3n) is 1.92. The second kappa shape index (κ2) is 3.91. The number of aliphatic hydroxyl groups is 1. The number of nitrogens with zero attached hydrogens (tertiary/aromatic N) is 1. The van der Waals surface area contributed by atoms with Crippen molar-refractivity contribution in [2.24, 2.45) is 0 Å². The average Bonchev–Trinajstić information content (AvgIpc) is 2.31. The predicted octanol–water partition coefficient (Wildman–Crippen LogP) is 0.119. The largest absolute Gasteiger partial charge is 0.388 e. The van der Waals surface area contributed by atoms with Crippen molar-refractivity contribution in [1.82, 2.24) is 10.2 Å². The number of halogens is 1. The lowest BCUT2D eigenvalue weighted by atomic mass is 10.3. The number of likely N-dealkylation sites (tertiary alicyclic amines) is 1. The molecule has 5 heteroatoms. The highest BCUT2D eigenvalue weighted by Gasteiger charge is 2.33. The van der Waals surface area contributed by atoms with E-state index in [1.165, 1.54) is 4.90 Å². The second-order valence-corrected chi connectivity index (χ2v) is 3.59. The zero-order chi connectivity index (χ0) is 10.0. The molecule has 0 spiro atoms. The number of alkyl halides is 1. The zero-order valence-electron chi connectivity index (χ0n) is 7.83. The Morgan fingerprint density at radius 1 is 1.62 bits per heavy atom. The molecule has 76 valence electrons. The fraction of sp³-hybridized carbons (Fsp3) is 0.875. The van der Waals surface area contributed by atoms with Crippen LogP contribution in [0.15, 0.2) is 0 Å². The summed E-state index contributed by atoms with van der Waals surface area (Å²) in [6, 6.07) is -0.280. The Hall–Kier alpha value is -0.840. The highest BCUT2D eigenvalue weighted by atomic mass is 19.1. The van der Waals surface area contributed by atoms with Crippen molar-refractivity contribution in [2.45, 2.75) is 32.2 Å². The smallest absolute Gasteiger partial charge is 0.317 e. The third kappa shape index (κ3) is 2.55. The molecule has 0 aliphatic carbocycles.